The number of carbonyl (C=O) groups is 1. The van der Waals surface area contributed by atoms with Gasteiger partial charge in [-0.15, -0.1) is 0 Å². The zero-order valence-corrected chi connectivity index (χ0v) is 8.96. The monoisotopic (exact) mass is 210 g/mol. The van der Waals surface area contributed by atoms with Gasteiger partial charge in [0.15, 0.2) is 11.6 Å². The second-order valence-electron chi connectivity index (χ2n) is 3.47. The van der Waals surface area contributed by atoms with Crippen LogP contribution in [0.5, 0.6) is 0 Å². The molecule has 15 heavy (non-hydrogen) atoms. The van der Waals surface area contributed by atoms with Crippen molar-refractivity contribution in [1.29, 1.82) is 0 Å². The van der Waals surface area contributed by atoms with Gasteiger partial charge < -0.3 is 5.32 Å². The zero-order chi connectivity index (χ0) is 11.3. The molecule has 0 amide bonds. The van der Waals surface area contributed by atoms with Crippen molar-refractivity contribution in [2.24, 2.45) is 0 Å². The number of carbonyl (C=O) groups excluding carboxylic acids is 1. The summed E-state index contributed by atoms with van der Waals surface area (Å²) in [5.41, 5.74) is 0.0980. The number of halogens is 1. The molecule has 82 valence electrons. The van der Waals surface area contributed by atoms with Gasteiger partial charge in [0.2, 0.25) is 0 Å². The van der Waals surface area contributed by atoms with E-state index in [1.165, 1.54) is 12.3 Å². The lowest BCUT2D eigenvalue weighted by molar-refractivity contribution is 0.0983. The third kappa shape index (κ3) is 3.40. The maximum absolute atomic E-state index is 13.1. The van der Waals surface area contributed by atoms with Crippen LogP contribution < -0.4 is 5.32 Å². The van der Waals surface area contributed by atoms with E-state index < -0.39 is 5.82 Å². The van der Waals surface area contributed by atoms with E-state index >= 15 is 0 Å². The summed E-state index contributed by atoms with van der Waals surface area (Å²) in [5.74, 6) is -0.802. The summed E-state index contributed by atoms with van der Waals surface area (Å²) in [4.78, 5) is 15.1. The van der Waals surface area contributed by atoms with Crippen molar-refractivity contribution in [3.63, 3.8) is 0 Å². The number of hydrogen-bond donors (Lipinski definition) is 1. The fraction of sp³-hybridized carbons (Fsp3) is 0.455. The van der Waals surface area contributed by atoms with Gasteiger partial charge in [-0.25, -0.2) is 4.39 Å². The quantitative estimate of drug-likeness (QED) is 0.753. The predicted octanol–water partition coefficient (Wildman–Crippen LogP) is 1.79. The van der Waals surface area contributed by atoms with Crippen LogP contribution >= 0.6 is 0 Å². The van der Waals surface area contributed by atoms with E-state index in [4.69, 9.17) is 0 Å². The van der Waals surface area contributed by atoms with Crippen molar-refractivity contribution in [3.8, 4) is 0 Å². The van der Waals surface area contributed by atoms with Gasteiger partial charge in [0, 0.05) is 12.2 Å². The van der Waals surface area contributed by atoms with Gasteiger partial charge in [0.05, 0.1) is 18.3 Å². The van der Waals surface area contributed by atoms with Crippen molar-refractivity contribution < 1.29 is 9.18 Å². The third-order valence-corrected chi connectivity index (χ3v) is 2.30. The molecule has 0 aliphatic heterocycles. The van der Waals surface area contributed by atoms with Gasteiger partial charge in [-0.1, -0.05) is 6.92 Å². The molecule has 1 rings (SSSR count). The number of hydrogen-bond acceptors (Lipinski definition) is 3. The molecule has 1 N–H and O–H groups in total. The average Bonchev–Trinajstić information content (AvgIpc) is 2.26. The molecule has 4 heteroatoms. The second-order valence-corrected chi connectivity index (χ2v) is 3.47. The minimum Gasteiger partial charge on any atom is -0.307 e. The lowest BCUT2D eigenvalue weighted by Crippen LogP contribution is -2.31. The number of ketones is 1. The van der Waals surface area contributed by atoms with E-state index in [2.05, 4.69) is 10.3 Å². The zero-order valence-electron chi connectivity index (χ0n) is 8.96. The molecule has 1 heterocycles. The molecule has 0 spiro atoms. The molecule has 0 aliphatic carbocycles. The molecule has 0 bridgehead atoms. The fourth-order valence-electron chi connectivity index (χ4n) is 1.11. The van der Waals surface area contributed by atoms with E-state index in [-0.39, 0.29) is 23.9 Å². The van der Waals surface area contributed by atoms with E-state index in [9.17, 15) is 9.18 Å². The maximum atomic E-state index is 13.1. The van der Waals surface area contributed by atoms with Crippen molar-refractivity contribution in [2.75, 3.05) is 6.54 Å². The van der Waals surface area contributed by atoms with Crippen molar-refractivity contribution in [1.82, 2.24) is 10.3 Å². The largest absolute Gasteiger partial charge is 0.307 e. The molecule has 0 aromatic carbocycles. The Morgan fingerprint density at radius 2 is 2.40 bits per heavy atom. The Kier molecular flexibility index (Phi) is 4.37. The first-order valence-electron chi connectivity index (χ1n) is 5.01. The fourth-order valence-corrected chi connectivity index (χ4v) is 1.11. The Morgan fingerprint density at radius 1 is 1.67 bits per heavy atom. The third-order valence-electron chi connectivity index (χ3n) is 2.30. The second kappa shape index (κ2) is 5.56. The van der Waals surface area contributed by atoms with E-state index in [0.717, 1.165) is 12.6 Å². The highest BCUT2D eigenvalue weighted by Gasteiger charge is 2.11. The SMILES string of the molecule is CCC(C)NCC(=O)c1ccncc1F. The van der Waals surface area contributed by atoms with Crippen LogP contribution in [-0.4, -0.2) is 23.4 Å². The first-order chi connectivity index (χ1) is 7.15. The molecular formula is C11H15FN2O. The van der Waals surface area contributed by atoms with Gasteiger partial charge >= 0.3 is 0 Å². The van der Waals surface area contributed by atoms with Crippen LogP contribution in [0.4, 0.5) is 4.39 Å². The molecule has 1 aromatic heterocycles. The molecule has 3 nitrogen and oxygen atoms in total. The normalized spacial score (nSPS) is 12.5. The van der Waals surface area contributed by atoms with Crippen LogP contribution in [0.1, 0.15) is 30.6 Å². The molecule has 0 radical (unpaired) electrons. The molecule has 1 aromatic rings. The maximum Gasteiger partial charge on any atom is 0.179 e. The minimum atomic E-state index is -0.562. The van der Waals surface area contributed by atoms with Crippen LogP contribution in [0.2, 0.25) is 0 Å². The molecule has 1 atom stereocenters. The standard InChI is InChI=1S/C11H15FN2O/c1-3-8(2)14-7-11(15)9-4-5-13-6-10(9)12/h4-6,8,14H,3,7H2,1-2H3. The number of pyridine rings is 1. The highest BCUT2D eigenvalue weighted by molar-refractivity contribution is 5.97. The Hall–Kier alpha value is -1.29. The van der Waals surface area contributed by atoms with Crippen LogP contribution in [-0.2, 0) is 0 Å². The number of rotatable bonds is 5. The van der Waals surface area contributed by atoms with E-state index in [1.54, 1.807) is 0 Å². The van der Waals surface area contributed by atoms with E-state index in [1.807, 2.05) is 13.8 Å². The van der Waals surface area contributed by atoms with Gasteiger partial charge in [-0.2, -0.15) is 0 Å². The predicted molar refractivity (Wildman–Crippen MR) is 56.3 cm³/mol. The van der Waals surface area contributed by atoms with Crippen molar-refractivity contribution >= 4 is 5.78 Å². The first kappa shape index (κ1) is 11.8. The van der Waals surface area contributed by atoms with Crippen molar-refractivity contribution in [3.05, 3.63) is 29.8 Å². The summed E-state index contributed by atoms with van der Waals surface area (Å²) in [5, 5.41) is 3.02. The summed E-state index contributed by atoms with van der Waals surface area (Å²) in [7, 11) is 0. The Bertz CT molecular complexity index is 341. The summed E-state index contributed by atoms with van der Waals surface area (Å²) in [6, 6.07) is 1.66. The summed E-state index contributed by atoms with van der Waals surface area (Å²) in [6.07, 6.45) is 3.40. The molecule has 1 unspecified atom stereocenters. The minimum absolute atomic E-state index is 0.0980. The average molecular weight is 210 g/mol. The van der Waals surface area contributed by atoms with Gasteiger partial charge in [0.25, 0.3) is 0 Å². The first-order valence-corrected chi connectivity index (χ1v) is 5.01. The van der Waals surface area contributed by atoms with Crippen molar-refractivity contribution in [2.45, 2.75) is 26.3 Å². The Balaban J connectivity index is 2.58. The number of nitrogens with one attached hydrogen (secondary N) is 1. The number of nitrogens with zero attached hydrogens (tertiary/aromatic N) is 1. The Morgan fingerprint density at radius 3 is 3.00 bits per heavy atom. The molecule has 0 saturated carbocycles. The highest BCUT2D eigenvalue weighted by Crippen LogP contribution is 2.04. The van der Waals surface area contributed by atoms with Gasteiger partial charge in [-0.3, -0.25) is 9.78 Å². The lowest BCUT2D eigenvalue weighted by atomic mass is 10.1. The summed E-state index contributed by atoms with van der Waals surface area (Å²) in [6.45, 7) is 4.17. The van der Waals surface area contributed by atoms with Crippen LogP contribution in [0.15, 0.2) is 18.5 Å². The Labute approximate surface area is 88.7 Å². The molecule has 0 fully saturated rings. The smallest absolute Gasteiger partial charge is 0.179 e. The van der Waals surface area contributed by atoms with E-state index in [0.29, 0.717) is 0 Å². The molecule has 0 aliphatic rings. The van der Waals surface area contributed by atoms with Crippen LogP contribution in [0.3, 0.4) is 0 Å². The number of aromatic nitrogens is 1. The lowest BCUT2D eigenvalue weighted by Gasteiger charge is -2.10. The topological polar surface area (TPSA) is 42.0 Å². The van der Waals surface area contributed by atoms with Crippen LogP contribution in [0, 0.1) is 5.82 Å². The summed E-state index contributed by atoms with van der Waals surface area (Å²) < 4.78 is 13.1. The molecule has 0 saturated heterocycles. The molecular weight excluding hydrogens is 195 g/mol. The number of Topliss-reactive ketones (excluding diaryl/α,β-unsaturated/α-hetero) is 1. The van der Waals surface area contributed by atoms with Crippen LogP contribution in [0.25, 0.3) is 0 Å². The highest BCUT2D eigenvalue weighted by atomic mass is 19.1. The summed E-state index contributed by atoms with van der Waals surface area (Å²) >= 11 is 0. The van der Waals surface area contributed by atoms with Gasteiger partial charge in [0.1, 0.15) is 0 Å². The van der Waals surface area contributed by atoms with Gasteiger partial charge in [-0.05, 0) is 19.4 Å².